The third-order valence-electron chi connectivity index (χ3n) is 7.65. The quantitative estimate of drug-likeness (QED) is 0.143. The Bertz CT molecular complexity index is 890. The van der Waals surface area contributed by atoms with Crippen molar-refractivity contribution in [2.75, 3.05) is 0 Å². The van der Waals surface area contributed by atoms with Crippen molar-refractivity contribution in [3.8, 4) is 11.1 Å². The first-order valence-electron chi connectivity index (χ1n) is 13.6. The second-order valence-corrected chi connectivity index (χ2v) is 9.99. The minimum atomic E-state index is 0.0294. The first-order valence-corrected chi connectivity index (χ1v) is 13.6. The Hall–Kier alpha value is -2.15. The minimum absolute atomic E-state index is 0.0294. The smallest absolute Gasteiger partial charge is 0.185 e. The number of carbonyl (C=O) groups is 1. The molecule has 0 unspecified atom stereocenters. The van der Waals surface area contributed by atoms with E-state index in [1.165, 1.54) is 118 Å². The zero-order chi connectivity index (χ0) is 23.5. The van der Waals surface area contributed by atoms with Crippen LogP contribution in [0.4, 0.5) is 0 Å². The number of fused-ring (bicyclic) bond motifs is 3. The fraction of sp³-hybridized carbons (Fsp3) is 0.531. The van der Waals surface area contributed by atoms with Crippen LogP contribution in [0.3, 0.4) is 0 Å². The number of ketones is 1. The van der Waals surface area contributed by atoms with E-state index in [1.54, 1.807) is 0 Å². The van der Waals surface area contributed by atoms with E-state index in [-0.39, 0.29) is 11.2 Å². The van der Waals surface area contributed by atoms with Crippen LogP contribution in [0, 0.1) is 0 Å². The molecule has 0 aromatic heterocycles. The van der Waals surface area contributed by atoms with Crippen molar-refractivity contribution >= 4 is 5.78 Å². The lowest BCUT2D eigenvalue weighted by Crippen LogP contribution is -2.26. The Labute approximate surface area is 202 Å². The standard InChI is InChI=1S/C32H44O/c1-4-7-9-11-13-17-23-32(24-18-14-12-10-8-5-2)29-20-16-15-19-27(29)28-22-21-26(25-30(28)32)31(33)6-3/h6,15-16,19-22,25H,3-5,7-14,17-18,23-24H2,1-2H3. The van der Waals surface area contributed by atoms with E-state index < -0.39 is 0 Å². The van der Waals surface area contributed by atoms with E-state index in [1.807, 2.05) is 6.07 Å². The molecule has 33 heavy (non-hydrogen) atoms. The maximum atomic E-state index is 12.5. The van der Waals surface area contributed by atoms with Crippen LogP contribution in [-0.2, 0) is 5.41 Å². The van der Waals surface area contributed by atoms with Gasteiger partial charge in [-0.05, 0) is 47.2 Å². The molecule has 1 nitrogen and oxygen atoms in total. The van der Waals surface area contributed by atoms with Gasteiger partial charge in [-0.15, -0.1) is 0 Å². The third-order valence-corrected chi connectivity index (χ3v) is 7.65. The van der Waals surface area contributed by atoms with Crippen LogP contribution in [0.5, 0.6) is 0 Å². The lowest BCUT2D eigenvalue weighted by atomic mass is 9.70. The predicted octanol–water partition coefficient (Wildman–Crippen LogP) is 9.82. The van der Waals surface area contributed by atoms with Gasteiger partial charge < -0.3 is 0 Å². The summed E-state index contributed by atoms with van der Waals surface area (Å²) in [5.74, 6) is 0.0294. The number of allylic oxidation sites excluding steroid dienone is 1. The van der Waals surface area contributed by atoms with Gasteiger partial charge in [0.1, 0.15) is 0 Å². The molecule has 2 aromatic rings. The van der Waals surface area contributed by atoms with Crippen molar-refractivity contribution in [3.63, 3.8) is 0 Å². The second kappa shape index (κ2) is 12.9. The van der Waals surface area contributed by atoms with Crippen molar-refractivity contribution in [1.82, 2.24) is 0 Å². The molecular weight excluding hydrogens is 400 g/mol. The number of benzene rings is 2. The lowest BCUT2D eigenvalue weighted by molar-refractivity contribution is 0.104. The normalized spacial score (nSPS) is 13.5. The summed E-state index contributed by atoms with van der Waals surface area (Å²) in [6, 6.07) is 15.4. The van der Waals surface area contributed by atoms with Crippen LogP contribution >= 0.6 is 0 Å². The molecule has 0 aliphatic heterocycles. The van der Waals surface area contributed by atoms with Crippen LogP contribution < -0.4 is 0 Å². The molecule has 0 fully saturated rings. The van der Waals surface area contributed by atoms with E-state index in [4.69, 9.17) is 0 Å². The molecule has 2 aromatic carbocycles. The summed E-state index contributed by atoms with van der Waals surface area (Å²) < 4.78 is 0. The summed E-state index contributed by atoms with van der Waals surface area (Å²) in [6.45, 7) is 8.29. The topological polar surface area (TPSA) is 17.1 Å². The summed E-state index contributed by atoms with van der Waals surface area (Å²) in [7, 11) is 0. The SMILES string of the molecule is C=CC(=O)c1ccc2c(c1)C(CCCCCCCC)(CCCCCCCC)c1ccccc1-2. The van der Waals surface area contributed by atoms with Crippen LogP contribution in [-0.4, -0.2) is 5.78 Å². The van der Waals surface area contributed by atoms with Crippen LogP contribution in [0.2, 0.25) is 0 Å². The molecule has 0 saturated heterocycles. The summed E-state index contributed by atoms with van der Waals surface area (Å²) in [4.78, 5) is 12.5. The Morgan fingerprint density at radius 3 is 1.88 bits per heavy atom. The Morgan fingerprint density at radius 2 is 1.27 bits per heavy atom. The van der Waals surface area contributed by atoms with Gasteiger partial charge in [0.05, 0.1) is 0 Å². The van der Waals surface area contributed by atoms with E-state index in [0.29, 0.717) is 0 Å². The van der Waals surface area contributed by atoms with Crippen LogP contribution in [0.15, 0.2) is 55.1 Å². The van der Waals surface area contributed by atoms with Crippen molar-refractivity contribution in [2.45, 2.75) is 109 Å². The van der Waals surface area contributed by atoms with E-state index in [2.05, 4.69) is 56.8 Å². The maximum absolute atomic E-state index is 12.5. The van der Waals surface area contributed by atoms with E-state index in [0.717, 1.165) is 5.56 Å². The Kier molecular flexibility index (Phi) is 9.97. The van der Waals surface area contributed by atoms with Gasteiger partial charge in [0.25, 0.3) is 0 Å². The van der Waals surface area contributed by atoms with Gasteiger partial charge in [0.2, 0.25) is 0 Å². The average Bonchev–Trinajstić information content (AvgIpc) is 3.12. The molecule has 0 atom stereocenters. The summed E-state index contributed by atoms with van der Waals surface area (Å²) in [5.41, 5.74) is 6.42. The summed E-state index contributed by atoms with van der Waals surface area (Å²) in [5, 5.41) is 0. The number of unbranched alkanes of at least 4 members (excludes halogenated alkanes) is 10. The van der Waals surface area contributed by atoms with E-state index >= 15 is 0 Å². The zero-order valence-corrected chi connectivity index (χ0v) is 21.1. The Morgan fingerprint density at radius 1 is 0.727 bits per heavy atom. The number of hydrogen-bond acceptors (Lipinski definition) is 1. The molecule has 1 aliphatic carbocycles. The predicted molar refractivity (Wildman–Crippen MR) is 143 cm³/mol. The molecule has 0 spiro atoms. The molecule has 0 amide bonds. The van der Waals surface area contributed by atoms with Crippen LogP contribution in [0.25, 0.3) is 11.1 Å². The first kappa shape index (κ1) is 25.5. The highest BCUT2D eigenvalue weighted by atomic mass is 16.1. The largest absolute Gasteiger partial charge is 0.289 e. The molecule has 0 bridgehead atoms. The molecule has 0 heterocycles. The van der Waals surface area contributed by atoms with Gasteiger partial charge in [-0.25, -0.2) is 0 Å². The highest BCUT2D eigenvalue weighted by molar-refractivity contribution is 6.05. The first-order chi connectivity index (χ1) is 16.2. The van der Waals surface area contributed by atoms with Crippen LogP contribution in [0.1, 0.15) is 125 Å². The van der Waals surface area contributed by atoms with Gasteiger partial charge in [0, 0.05) is 11.0 Å². The van der Waals surface area contributed by atoms with Crippen molar-refractivity contribution in [1.29, 1.82) is 0 Å². The van der Waals surface area contributed by atoms with Gasteiger partial charge in [-0.1, -0.05) is 134 Å². The molecule has 0 saturated carbocycles. The minimum Gasteiger partial charge on any atom is -0.289 e. The van der Waals surface area contributed by atoms with Crippen molar-refractivity contribution in [2.24, 2.45) is 0 Å². The number of carbonyl (C=O) groups excluding carboxylic acids is 1. The fourth-order valence-electron chi connectivity index (χ4n) is 5.80. The lowest BCUT2D eigenvalue weighted by Gasteiger charge is -2.33. The van der Waals surface area contributed by atoms with Crippen molar-refractivity contribution in [3.05, 3.63) is 71.8 Å². The third kappa shape index (κ3) is 6.05. The fourth-order valence-corrected chi connectivity index (χ4v) is 5.80. The molecule has 178 valence electrons. The highest BCUT2D eigenvalue weighted by Crippen LogP contribution is 2.54. The van der Waals surface area contributed by atoms with Crippen molar-refractivity contribution < 1.29 is 4.79 Å². The molecular formula is C32H44O. The highest BCUT2D eigenvalue weighted by Gasteiger charge is 2.42. The zero-order valence-electron chi connectivity index (χ0n) is 21.1. The second-order valence-electron chi connectivity index (χ2n) is 9.99. The summed E-state index contributed by atoms with van der Waals surface area (Å²) in [6.07, 6.45) is 19.6. The number of rotatable bonds is 16. The molecule has 1 aliphatic rings. The maximum Gasteiger partial charge on any atom is 0.185 e. The van der Waals surface area contributed by atoms with Gasteiger partial charge in [-0.3, -0.25) is 4.79 Å². The average molecular weight is 445 g/mol. The number of hydrogen-bond donors (Lipinski definition) is 0. The Balaban J connectivity index is 1.90. The molecule has 0 N–H and O–H groups in total. The van der Waals surface area contributed by atoms with E-state index in [9.17, 15) is 4.79 Å². The molecule has 1 heteroatoms. The molecule has 3 rings (SSSR count). The molecule has 0 radical (unpaired) electrons. The van der Waals surface area contributed by atoms with Gasteiger partial charge in [-0.2, -0.15) is 0 Å². The monoisotopic (exact) mass is 444 g/mol. The summed E-state index contributed by atoms with van der Waals surface area (Å²) >= 11 is 0. The van der Waals surface area contributed by atoms with Gasteiger partial charge in [0.15, 0.2) is 5.78 Å². The van der Waals surface area contributed by atoms with Gasteiger partial charge >= 0.3 is 0 Å².